The van der Waals surface area contributed by atoms with Crippen LogP contribution in [0.3, 0.4) is 0 Å². The molecule has 1 heterocycles. The minimum Gasteiger partial charge on any atom is -0.491 e. The standard InChI is InChI=1S/C37H37NO5/c1-2-3-14-34-31(30-13-7-8-15-33(30)43-34)23-27-16-18-28(19-17-27)29-20-21-35(32(24-29)38-36(39)25-37(40)41)42-22-9-12-26-10-5-4-6-11-26/h4-8,10-11,13,15-21,24H,2-3,9,12,14,22-23,25H2,1H3,(H,38,39)(H,40,41). The smallest absolute Gasteiger partial charge is 0.312 e. The van der Waals surface area contributed by atoms with E-state index in [0.717, 1.165) is 61.0 Å². The van der Waals surface area contributed by atoms with E-state index in [1.807, 2.05) is 48.5 Å². The van der Waals surface area contributed by atoms with Gasteiger partial charge in [-0.3, -0.25) is 9.59 Å². The quantitative estimate of drug-likeness (QED) is 0.102. The number of aliphatic carboxylic acids is 1. The number of rotatable bonds is 14. The van der Waals surface area contributed by atoms with Crippen LogP contribution in [0.25, 0.3) is 22.1 Å². The van der Waals surface area contributed by atoms with Crippen LogP contribution in [0.2, 0.25) is 0 Å². The lowest BCUT2D eigenvalue weighted by Crippen LogP contribution is -2.16. The Morgan fingerprint density at radius 2 is 1.56 bits per heavy atom. The Labute approximate surface area is 252 Å². The number of nitrogens with one attached hydrogen (secondary N) is 1. The molecule has 0 aliphatic heterocycles. The fourth-order valence-electron chi connectivity index (χ4n) is 5.27. The van der Waals surface area contributed by atoms with Gasteiger partial charge in [-0.05, 0) is 59.7 Å². The van der Waals surface area contributed by atoms with E-state index in [-0.39, 0.29) is 0 Å². The van der Waals surface area contributed by atoms with Gasteiger partial charge < -0.3 is 19.6 Å². The molecule has 1 amide bonds. The average Bonchev–Trinajstić information content (AvgIpc) is 3.36. The highest BCUT2D eigenvalue weighted by Crippen LogP contribution is 2.33. The molecule has 1 aromatic heterocycles. The molecule has 2 N–H and O–H groups in total. The summed E-state index contributed by atoms with van der Waals surface area (Å²) in [7, 11) is 0. The van der Waals surface area contributed by atoms with Crippen LogP contribution in [-0.4, -0.2) is 23.6 Å². The summed E-state index contributed by atoms with van der Waals surface area (Å²) in [6.45, 7) is 2.66. The maximum Gasteiger partial charge on any atom is 0.312 e. The normalized spacial score (nSPS) is 11.0. The van der Waals surface area contributed by atoms with Crippen molar-refractivity contribution < 1.29 is 23.8 Å². The van der Waals surface area contributed by atoms with E-state index in [2.05, 4.69) is 60.8 Å². The average molecular weight is 576 g/mol. The molecule has 0 aliphatic carbocycles. The Hall–Kier alpha value is -4.84. The largest absolute Gasteiger partial charge is 0.491 e. The number of fused-ring (bicyclic) bond motifs is 1. The molecule has 220 valence electrons. The summed E-state index contributed by atoms with van der Waals surface area (Å²) in [5, 5.41) is 13.0. The predicted octanol–water partition coefficient (Wildman–Crippen LogP) is 8.46. The summed E-state index contributed by atoms with van der Waals surface area (Å²) in [5.74, 6) is -0.204. The van der Waals surface area contributed by atoms with Gasteiger partial charge in [0.25, 0.3) is 0 Å². The van der Waals surface area contributed by atoms with Crippen molar-refractivity contribution in [3.8, 4) is 16.9 Å². The van der Waals surface area contributed by atoms with E-state index >= 15 is 0 Å². The second kappa shape index (κ2) is 14.4. The molecule has 6 heteroatoms. The van der Waals surface area contributed by atoms with Gasteiger partial charge in [0.05, 0.1) is 12.3 Å². The number of carboxylic acids is 1. The number of carbonyl (C=O) groups excluding carboxylic acids is 1. The number of ether oxygens (including phenoxy) is 1. The van der Waals surface area contributed by atoms with Gasteiger partial charge in [0, 0.05) is 23.8 Å². The van der Waals surface area contributed by atoms with Crippen LogP contribution in [0.4, 0.5) is 5.69 Å². The Bertz CT molecular complexity index is 1670. The number of hydrogen-bond donors (Lipinski definition) is 2. The Morgan fingerprint density at radius 1 is 0.814 bits per heavy atom. The van der Waals surface area contributed by atoms with Crippen LogP contribution in [0, 0.1) is 0 Å². The monoisotopic (exact) mass is 575 g/mol. The molecule has 0 radical (unpaired) electrons. The molecule has 6 nitrogen and oxygen atoms in total. The molecule has 5 rings (SSSR count). The predicted molar refractivity (Wildman–Crippen MR) is 171 cm³/mol. The Morgan fingerprint density at radius 3 is 2.33 bits per heavy atom. The van der Waals surface area contributed by atoms with Crippen LogP contribution >= 0.6 is 0 Å². The number of amides is 1. The maximum absolute atomic E-state index is 12.4. The van der Waals surface area contributed by atoms with E-state index in [1.165, 1.54) is 22.1 Å². The molecule has 0 aliphatic rings. The van der Waals surface area contributed by atoms with Crippen molar-refractivity contribution in [3.63, 3.8) is 0 Å². The number of hydrogen-bond acceptors (Lipinski definition) is 4. The summed E-state index contributed by atoms with van der Waals surface area (Å²) in [6, 6.07) is 32.4. The minimum atomic E-state index is -1.18. The number of para-hydroxylation sites is 1. The van der Waals surface area contributed by atoms with E-state index in [1.54, 1.807) is 0 Å². The van der Waals surface area contributed by atoms with Gasteiger partial charge in [0.2, 0.25) is 5.91 Å². The molecule has 0 bridgehead atoms. The van der Waals surface area contributed by atoms with E-state index in [4.69, 9.17) is 14.3 Å². The van der Waals surface area contributed by atoms with Crippen molar-refractivity contribution in [3.05, 3.63) is 120 Å². The molecule has 0 unspecified atom stereocenters. The zero-order valence-corrected chi connectivity index (χ0v) is 24.5. The fourth-order valence-corrected chi connectivity index (χ4v) is 5.27. The molecule has 0 atom stereocenters. The van der Waals surface area contributed by atoms with Crippen molar-refractivity contribution >= 4 is 28.5 Å². The number of aryl methyl sites for hydroxylation is 2. The van der Waals surface area contributed by atoms with Gasteiger partial charge in [0.15, 0.2) is 0 Å². The summed E-state index contributed by atoms with van der Waals surface area (Å²) in [6.07, 6.45) is 4.97. The number of benzene rings is 4. The molecule has 0 saturated carbocycles. The number of carbonyl (C=O) groups is 2. The number of carboxylic acid groups (broad SMARTS) is 1. The molecule has 0 spiro atoms. The third kappa shape index (κ3) is 7.92. The minimum absolute atomic E-state index is 0.456. The summed E-state index contributed by atoms with van der Waals surface area (Å²) >= 11 is 0. The highest BCUT2D eigenvalue weighted by Gasteiger charge is 2.16. The number of furan rings is 1. The number of anilines is 1. The Kier molecular flexibility index (Phi) is 9.90. The third-order valence-corrected chi connectivity index (χ3v) is 7.48. The first-order valence-electron chi connectivity index (χ1n) is 14.9. The molecule has 5 aromatic rings. The summed E-state index contributed by atoms with van der Waals surface area (Å²) in [4.78, 5) is 23.5. The lowest BCUT2D eigenvalue weighted by atomic mass is 9.97. The highest BCUT2D eigenvalue weighted by atomic mass is 16.5. The van der Waals surface area contributed by atoms with Gasteiger partial charge in [-0.2, -0.15) is 0 Å². The molecule has 43 heavy (non-hydrogen) atoms. The van der Waals surface area contributed by atoms with E-state index in [9.17, 15) is 9.59 Å². The lowest BCUT2D eigenvalue weighted by molar-refractivity contribution is -0.139. The zero-order chi connectivity index (χ0) is 30.0. The van der Waals surface area contributed by atoms with Crippen LogP contribution < -0.4 is 10.1 Å². The maximum atomic E-state index is 12.4. The first-order chi connectivity index (χ1) is 21.0. The number of unbranched alkanes of at least 4 members (excludes halogenated alkanes) is 1. The topological polar surface area (TPSA) is 88.8 Å². The second-order valence-electron chi connectivity index (χ2n) is 10.7. The van der Waals surface area contributed by atoms with Crippen molar-refractivity contribution in [2.75, 3.05) is 11.9 Å². The van der Waals surface area contributed by atoms with Gasteiger partial charge >= 0.3 is 5.97 Å². The molecular formula is C37H37NO5. The molecule has 0 fully saturated rings. The van der Waals surface area contributed by atoms with Crippen LogP contribution in [0.1, 0.15) is 55.1 Å². The molecule has 0 saturated heterocycles. The molecular weight excluding hydrogens is 538 g/mol. The molecule has 4 aromatic carbocycles. The van der Waals surface area contributed by atoms with Gasteiger partial charge in [-0.1, -0.05) is 92.2 Å². The van der Waals surface area contributed by atoms with Crippen LogP contribution in [0.5, 0.6) is 5.75 Å². The van der Waals surface area contributed by atoms with Crippen molar-refractivity contribution in [2.45, 2.75) is 51.9 Å². The van der Waals surface area contributed by atoms with Gasteiger partial charge in [-0.25, -0.2) is 0 Å². The van der Waals surface area contributed by atoms with Crippen LogP contribution in [-0.2, 0) is 28.9 Å². The first-order valence-corrected chi connectivity index (χ1v) is 14.9. The van der Waals surface area contributed by atoms with Crippen molar-refractivity contribution in [1.29, 1.82) is 0 Å². The lowest BCUT2D eigenvalue weighted by Gasteiger charge is -2.14. The Balaban J connectivity index is 1.33. The van der Waals surface area contributed by atoms with Crippen molar-refractivity contribution in [1.82, 2.24) is 0 Å². The third-order valence-electron chi connectivity index (χ3n) is 7.48. The van der Waals surface area contributed by atoms with E-state index < -0.39 is 18.3 Å². The fraction of sp³-hybridized carbons (Fsp3) is 0.243. The van der Waals surface area contributed by atoms with Crippen LogP contribution in [0.15, 0.2) is 101 Å². The summed E-state index contributed by atoms with van der Waals surface area (Å²) < 4.78 is 12.3. The van der Waals surface area contributed by atoms with Gasteiger partial charge in [0.1, 0.15) is 23.5 Å². The second-order valence-corrected chi connectivity index (χ2v) is 10.7. The zero-order valence-electron chi connectivity index (χ0n) is 24.5. The highest BCUT2D eigenvalue weighted by molar-refractivity contribution is 6.02. The SMILES string of the molecule is CCCCc1oc2ccccc2c1Cc1ccc(-c2ccc(OCCCc3ccccc3)c(NC(=O)CC(=O)O)c2)cc1. The van der Waals surface area contributed by atoms with Crippen molar-refractivity contribution in [2.24, 2.45) is 0 Å². The van der Waals surface area contributed by atoms with Gasteiger partial charge in [-0.15, -0.1) is 0 Å². The summed E-state index contributed by atoms with van der Waals surface area (Å²) in [5.41, 5.74) is 6.93. The van der Waals surface area contributed by atoms with E-state index in [0.29, 0.717) is 18.0 Å². The first kappa shape index (κ1) is 29.6.